The average molecular weight is 367 g/mol. The fraction of sp³-hybridized carbons (Fsp3) is 0.316. The number of aryl methyl sites for hydroxylation is 3. The van der Waals surface area contributed by atoms with Crippen LogP contribution in [0.5, 0.6) is 0 Å². The van der Waals surface area contributed by atoms with E-state index in [0.717, 1.165) is 16.6 Å². The monoisotopic (exact) mass is 367 g/mol. The number of rotatable bonds is 4. The number of fused-ring (bicyclic) bond motifs is 1. The summed E-state index contributed by atoms with van der Waals surface area (Å²) in [5.74, 6) is -0.632. The van der Waals surface area contributed by atoms with Crippen LogP contribution < -0.4 is 11.4 Å². The van der Waals surface area contributed by atoms with Gasteiger partial charge in [-0.1, -0.05) is 0 Å². The van der Waals surface area contributed by atoms with Crippen LogP contribution in [-0.2, 0) is 17.8 Å². The zero-order valence-corrected chi connectivity index (χ0v) is 15.7. The highest BCUT2D eigenvalue weighted by Crippen LogP contribution is 2.29. The molecule has 1 aromatic carbocycles. The van der Waals surface area contributed by atoms with Gasteiger partial charge in [0.15, 0.2) is 5.69 Å². The van der Waals surface area contributed by atoms with Crippen LogP contribution in [0.3, 0.4) is 0 Å². The lowest BCUT2D eigenvalue weighted by Gasteiger charge is -2.12. The molecule has 0 atom stereocenters. The SMILES string of the molecule is CCn1c(=O)n(CC)c2cc(-n3cc(C#N)c(N)c3C(=O)OC)c(C)cc21. The minimum atomic E-state index is -0.632. The van der Waals surface area contributed by atoms with Crippen molar-refractivity contribution in [1.29, 1.82) is 5.26 Å². The lowest BCUT2D eigenvalue weighted by molar-refractivity contribution is 0.0593. The molecular formula is C19H21N5O3. The van der Waals surface area contributed by atoms with Crippen molar-refractivity contribution < 1.29 is 9.53 Å². The third-order valence-electron chi connectivity index (χ3n) is 4.77. The maximum atomic E-state index is 12.6. The largest absolute Gasteiger partial charge is 0.464 e. The molecule has 27 heavy (non-hydrogen) atoms. The topological polar surface area (TPSA) is 108 Å². The predicted molar refractivity (Wildman–Crippen MR) is 102 cm³/mol. The third kappa shape index (κ3) is 2.59. The Labute approximate surface area is 156 Å². The molecule has 0 saturated heterocycles. The molecule has 8 nitrogen and oxygen atoms in total. The van der Waals surface area contributed by atoms with E-state index in [4.69, 9.17) is 10.5 Å². The van der Waals surface area contributed by atoms with Gasteiger partial charge in [0.05, 0.1) is 35.1 Å². The van der Waals surface area contributed by atoms with Crippen molar-refractivity contribution in [3.05, 3.63) is 45.6 Å². The number of nitrogens with zero attached hydrogens (tertiary/aromatic N) is 4. The number of methoxy groups -OCH3 is 1. The maximum absolute atomic E-state index is 12.6. The summed E-state index contributed by atoms with van der Waals surface area (Å²) in [7, 11) is 1.26. The van der Waals surface area contributed by atoms with E-state index in [-0.39, 0.29) is 22.6 Å². The summed E-state index contributed by atoms with van der Waals surface area (Å²) in [6, 6.07) is 5.74. The second-order valence-corrected chi connectivity index (χ2v) is 6.18. The Morgan fingerprint density at radius 2 is 1.81 bits per heavy atom. The normalized spacial score (nSPS) is 10.9. The number of imidazole rings is 1. The van der Waals surface area contributed by atoms with Gasteiger partial charge in [0, 0.05) is 19.3 Å². The van der Waals surface area contributed by atoms with Crippen molar-refractivity contribution in [3.63, 3.8) is 0 Å². The highest BCUT2D eigenvalue weighted by atomic mass is 16.5. The Kier molecular flexibility index (Phi) is 4.54. The van der Waals surface area contributed by atoms with Gasteiger partial charge in [0.2, 0.25) is 0 Å². The van der Waals surface area contributed by atoms with Crippen molar-refractivity contribution in [2.45, 2.75) is 33.9 Å². The fourth-order valence-corrected chi connectivity index (χ4v) is 3.43. The van der Waals surface area contributed by atoms with Crippen molar-refractivity contribution in [1.82, 2.24) is 13.7 Å². The highest BCUT2D eigenvalue weighted by Gasteiger charge is 2.23. The van der Waals surface area contributed by atoms with Gasteiger partial charge in [-0.3, -0.25) is 9.13 Å². The number of carbonyl (C=O) groups is 1. The maximum Gasteiger partial charge on any atom is 0.357 e. The Hall–Kier alpha value is -3.47. The number of nitriles is 1. The van der Waals surface area contributed by atoms with E-state index >= 15 is 0 Å². The lowest BCUT2D eigenvalue weighted by Crippen LogP contribution is -2.23. The first-order valence-electron chi connectivity index (χ1n) is 8.62. The number of nitrogen functional groups attached to an aromatic ring is 1. The van der Waals surface area contributed by atoms with Gasteiger partial charge < -0.3 is 15.0 Å². The van der Waals surface area contributed by atoms with Crippen LogP contribution in [0, 0.1) is 18.3 Å². The number of ether oxygens (including phenoxy) is 1. The van der Waals surface area contributed by atoms with E-state index in [0.29, 0.717) is 18.8 Å². The van der Waals surface area contributed by atoms with Gasteiger partial charge in [-0.25, -0.2) is 9.59 Å². The molecule has 0 saturated carbocycles. The number of anilines is 1. The van der Waals surface area contributed by atoms with Gasteiger partial charge in [0.1, 0.15) is 6.07 Å². The first-order chi connectivity index (χ1) is 12.9. The van der Waals surface area contributed by atoms with Crippen molar-refractivity contribution in [2.75, 3.05) is 12.8 Å². The molecule has 0 amide bonds. The van der Waals surface area contributed by atoms with Gasteiger partial charge >= 0.3 is 11.7 Å². The summed E-state index contributed by atoms with van der Waals surface area (Å²) in [5.41, 5.74) is 9.35. The zero-order chi connectivity index (χ0) is 19.9. The summed E-state index contributed by atoms with van der Waals surface area (Å²) in [5, 5.41) is 9.31. The molecule has 2 aromatic heterocycles. The van der Waals surface area contributed by atoms with Gasteiger partial charge in [-0.05, 0) is 38.5 Å². The number of esters is 1. The minimum absolute atomic E-state index is 0.0721. The average Bonchev–Trinajstić information content (AvgIpc) is 3.12. The van der Waals surface area contributed by atoms with E-state index in [1.807, 2.05) is 39.0 Å². The van der Waals surface area contributed by atoms with E-state index in [9.17, 15) is 14.9 Å². The molecule has 3 aromatic rings. The number of carbonyl (C=O) groups excluding carboxylic acids is 1. The Morgan fingerprint density at radius 3 is 2.33 bits per heavy atom. The Balaban J connectivity index is 2.40. The summed E-state index contributed by atoms with van der Waals surface area (Å²) in [6.07, 6.45) is 1.51. The molecule has 140 valence electrons. The summed E-state index contributed by atoms with van der Waals surface area (Å²) < 4.78 is 9.79. The number of aromatic nitrogens is 3. The van der Waals surface area contributed by atoms with E-state index < -0.39 is 5.97 Å². The minimum Gasteiger partial charge on any atom is -0.464 e. The molecule has 0 aliphatic rings. The molecule has 2 N–H and O–H groups in total. The van der Waals surface area contributed by atoms with Crippen LogP contribution in [0.4, 0.5) is 5.69 Å². The Morgan fingerprint density at radius 1 is 1.22 bits per heavy atom. The highest BCUT2D eigenvalue weighted by molar-refractivity contribution is 5.96. The number of benzene rings is 1. The predicted octanol–water partition coefficient (Wildman–Crippen LogP) is 2.18. The molecule has 0 bridgehead atoms. The van der Waals surface area contributed by atoms with Crippen LogP contribution in [-0.4, -0.2) is 26.8 Å². The summed E-state index contributed by atoms with van der Waals surface area (Å²) in [6.45, 7) is 6.79. The fourth-order valence-electron chi connectivity index (χ4n) is 3.43. The molecule has 0 spiro atoms. The molecule has 8 heteroatoms. The third-order valence-corrected chi connectivity index (χ3v) is 4.77. The van der Waals surface area contributed by atoms with Gasteiger partial charge in [-0.2, -0.15) is 5.26 Å². The molecule has 0 unspecified atom stereocenters. The first-order valence-corrected chi connectivity index (χ1v) is 8.62. The van der Waals surface area contributed by atoms with Crippen LogP contribution >= 0.6 is 0 Å². The lowest BCUT2D eigenvalue weighted by atomic mass is 10.1. The first kappa shape index (κ1) is 18.3. The molecule has 3 rings (SSSR count). The second-order valence-electron chi connectivity index (χ2n) is 6.18. The van der Waals surface area contributed by atoms with E-state index in [2.05, 4.69) is 0 Å². The van der Waals surface area contributed by atoms with Gasteiger partial charge in [0.25, 0.3) is 0 Å². The van der Waals surface area contributed by atoms with Crippen molar-refractivity contribution in [3.8, 4) is 11.8 Å². The number of hydrogen-bond donors (Lipinski definition) is 1. The number of nitrogens with two attached hydrogens (primary N) is 1. The molecule has 2 heterocycles. The van der Waals surface area contributed by atoms with Crippen molar-refractivity contribution in [2.24, 2.45) is 0 Å². The van der Waals surface area contributed by atoms with Gasteiger partial charge in [-0.15, -0.1) is 0 Å². The smallest absolute Gasteiger partial charge is 0.357 e. The molecular weight excluding hydrogens is 346 g/mol. The zero-order valence-electron chi connectivity index (χ0n) is 15.7. The van der Waals surface area contributed by atoms with E-state index in [1.165, 1.54) is 13.3 Å². The molecule has 0 fully saturated rings. The van der Waals surface area contributed by atoms with Crippen LogP contribution in [0.2, 0.25) is 0 Å². The van der Waals surface area contributed by atoms with E-state index in [1.54, 1.807) is 13.7 Å². The number of hydrogen-bond acceptors (Lipinski definition) is 5. The second kappa shape index (κ2) is 6.68. The quantitative estimate of drug-likeness (QED) is 0.711. The molecule has 0 aliphatic carbocycles. The Bertz CT molecular complexity index is 1160. The van der Waals surface area contributed by atoms with Crippen molar-refractivity contribution >= 4 is 22.7 Å². The molecule has 0 radical (unpaired) electrons. The van der Waals surface area contributed by atoms with Crippen LogP contribution in [0.25, 0.3) is 16.7 Å². The van der Waals surface area contributed by atoms with Crippen LogP contribution in [0.15, 0.2) is 23.1 Å². The standard InChI is InChI=1S/C19H21N5O3/c1-5-22-14-7-11(3)13(8-15(14)23(6-2)19(22)26)24-10-12(9-20)16(21)17(24)18(25)27-4/h7-8,10H,5-6,21H2,1-4H3. The summed E-state index contributed by atoms with van der Waals surface area (Å²) in [4.78, 5) is 24.9. The molecule has 0 aliphatic heterocycles. The van der Waals surface area contributed by atoms with Crippen LogP contribution in [0.1, 0.15) is 35.5 Å². The summed E-state index contributed by atoms with van der Waals surface area (Å²) >= 11 is 0.